The van der Waals surface area contributed by atoms with Gasteiger partial charge in [-0.25, -0.2) is 4.79 Å². The maximum Gasteiger partial charge on any atom is 0.408 e. The van der Waals surface area contributed by atoms with Crippen LogP contribution in [0.1, 0.15) is 109 Å². The summed E-state index contributed by atoms with van der Waals surface area (Å²) in [4.78, 5) is 36.1. The predicted octanol–water partition coefficient (Wildman–Crippen LogP) is 4.98. The Kier molecular flexibility index (Phi) is 19.7. The Hall–Kier alpha value is -2.49. The Morgan fingerprint density at radius 2 is 1.27 bits per heavy atom. The SMILES string of the molecule is CCCCCCCCCCCCCCCC(=O)OC[C@@H](O)[C@H](O)[C@H](O)[C@@H](NC(=O)OCc1ccccc1)C(C)=O. The molecule has 0 aromatic heterocycles. The fourth-order valence-corrected chi connectivity index (χ4v) is 4.38. The van der Waals surface area contributed by atoms with Crippen LogP contribution >= 0.6 is 0 Å². The first-order valence-electron chi connectivity index (χ1n) is 14.9. The van der Waals surface area contributed by atoms with Crippen LogP contribution in [0.5, 0.6) is 0 Å². The number of ether oxygens (including phenoxy) is 2. The minimum absolute atomic E-state index is 0.0478. The van der Waals surface area contributed by atoms with Crippen molar-refractivity contribution in [1.29, 1.82) is 0 Å². The van der Waals surface area contributed by atoms with Crippen LogP contribution in [-0.2, 0) is 25.7 Å². The van der Waals surface area contributed by atoms with E-state index >= 15 is 0 Å². The van der Waals surface area contributed by atoms with Crippen LogP contribution in [0.25, 0.3) is 0 Å². The molecule has 0 saturated heterocycles. The van der Waals surface area contributed by atoms with Gasteiger partial charge in [-0.2, -0.15) is 0 Å². The van der Waals surface area contributed by atoms with Crippen molar-refractivity contribution < 1.29 is 39.2 Å². The van der Waals surface area contributed by atoms with Gasteiger partial charge < -0.3 is 30.1 Å². The number of aliphatic hydroxyl groups is 3. The third-order valence-electron chi connectivity index (χ3n) is 6.91. The van der Waals surface area contributed by atoms with Gasteiger partial charge in [0.25, 0.3) is 0 Å². The third kappa shape index (κ3) is 16.6. The highest BCUT2D eigenvalue weighted by atomic mass is 16.6. The molecule has 0 unspecified atom stereocenters. The average molecular weight is 566 g/mol. The lowest BCUT2D eigenvalue weighted by molar-refractivity contribution is -0.153. The number of unbranched alkanes of at least 4 members (excludes halogenated alkanes) is 12. The highest BCUT2D eigenvalue weighted by Gasteiger charge is 2.35. The van der Waals surface area contributed by atoms with E-state index in [0.717, 1.165) is 31.7 Å². The van der Waals surface area contributed by atoms with Crippen LogP contribution in [0.2, 0.25) is 0 Å². The van der Waals surface area contributed by atoms with Gasteiger partial charge in [0.2, 0.25) is 0 Å². The summed E-state index contributed by atoms with van der Waals surface area (Å²) >= 11 is 0. The topological polar surface area (TPSA) is 142 Å². The van der Waals surface area contributed by atoms with E-state index in [2.05, 4.69) is 12.2 Å². The van der Waals surface area contributed by atoms with Gasteiger partial charge in [-0.15, -0.1) is 0 Å². The molecule has 1 amide bonds. The minimum Gasteiger partial charge on any atom is -0.463 e. The second-order valence-electron chi connectivity index (χ2n) is 10.5. The van der Waals surface area contributed by atoms with Crippen LogP contribution in [0.4, 0.5) is 4.79 Å². The van der Waals surface area contributed by atoms with Crippen molar-refractivity contribution in [2.45, 2.75) is 135 Å². The number of benzene rings is 1. The molecule has 0 spiro atoms. The number of nitrogens with one attached hydrogen (secondary N) is 1. The number of hydrogen-bond acceptors (Lipinski definition) is 8. The lowest BCUT2D eigenvalue weighted by Crippen LogP contribution is -2.55. The first-order chi connectivity index (χ1) is 19.3. The normalized spacial score (nSPS) is 14.1. The predicted molar refractivity (Wildman–Crippen MR) is 154 cm³/mol. The Morgan fingerprint density at radius 3 is 1.80 bits per heavy atom. The van der Waals surface area contributed by atoms with Crippen molar-refractivity contribution >= 4 is 17.8 Å². The van der Waals surface area contributed by atoms with Gasteiger partial charge in [-0.1, -0.05) is 114 Å². The molecule has 0 aliphatic heterocycles. The Balaban J connectivity index is 2.20. The quantitative estimate of drug-likeness (QED) is 0.108. The number of esters is 1. The maximum atomic E-state index is 12.1. The third-order valence-corrected chi connectivity index (χ3v) is 6.91. The van der Waals surface area contributed by atoms with Gasteiger partial charge in [0, 0.05) is 6.42 Å². The van der Waals surface area contributed by atoms with Crippen LogP contribution < -0.4 is 5.32 Å². The van der Waals surface area contributed by atoms with Crippen molar-refractivity contribution in [3.63, 3.8) is 0 Å². The number of aliphatic hydroxyl groups excluding tert-OH is 3. The molecule has 0 saturated carbocycles. The van der Waals surface area contributed by atoms with Gasteiger partial charge in [-0.3, -0.25) is 9.59 Å². The molecule has 4 N–H and O–H groups in total. The number of alkyl carbamates (subject to hydrolysis) is 1. The molecular formula is C31H51NO8. The number of amides is 1. The van der Waals surface area contributed by atoms with Crippen LogP contribution in [0.3, 0.4) is 0 Å². The van der Waals surface area contributed by atoms with E-state index in [9.17, 15) is 29.7 Å². The van der Waals surface area contributed by atoms with Crippen LogP contribution in [0, 0.1) is 0 Å². The average Bonchev–Trinajstić information content (AvgIpc) is 2.95. The van der Waals surface area contributed by atoms with E-state index in [1.807, 2.05) is 6.07 Å². The van der Waals surface area contributed by atoms with Crippen molar-refractivity contribution in [2.24, 2.45) is 0 Å². The van der Waals surface area contributed by atoms with Crippen LogP contribution in [0.15, 0.2) is 30.3 Å². The second kappa shape index (κ2) is 22.2. The van der Waals surface area contributed by atoms with Crippen molar-refractivity contribution in [1.82, 2.24) is 5.32 Å². The molecule has 40 heavy (non-hydrogen) atoms. The maximum absolute atomic E-state index is 12.1. The fourth-order valence-electron chi connectivity index (χ4n) is 4.38. The van der Waals surface area contributed by atoms with Crippen molar-refractivity contribution in [3.8, 4) is 0 Å². The summed E-state index contributed by atoms with van der Waals surface area (Å²) in [7, 11) is 0. The molecule has 9 heteroatoms. The van der Waals surface area contributed by atoms with Gasteiger partial charge >= 0.3 is 12.1 Å². The Bertz CT molecular complexity index is 819. The van der Waals surface area contributed by atoms with E-state index < -0.39 is 48.8 Å². The number of ketones is 1. The minimum atomic E-state index is -1.84. The summed E-state index contributed by atoms with van der Waals surface area (Å²) in [5.74, 6) is -1.15. The first kappa shape index (κ1) is 35.5. The molecule has 228 valence electrons. The summed E-state index contributed by atoms with van der Waals surface area (Å²) in [5.41, 5.74) is 0.730. The van der Waals surface area contributed by atoms with Crippen molar-refractivity contribution in [3.05, 3.63) is 35.9 Å². The number of carbonyl (C=O) groups is 3. The molecule has 0 bridgehead atoms. The molecule has 1 aromatic carbocycles. The molecule has 1 aromatic rings. The first-order valence-corrected chi connectivity index (χ1v) is 14.9. The van der Waals surface area contributed by atoms with Gasteiger partial charge in [0.05, 0.1) is 0 Å². The summed E-state index contributed by atoms with van der Waals surface area (Å²) < 4.78 is 10.1. The highest BCUT2D eigenvalue weighted by molar-refractivity contribution is 5.86. The van der Waals surface area contributed by atoms with E-state index in [1.165, 1.54) is 57.8 Å². The zero-order chi connectivity index (χ0) is 29.6. The van der Waals surface area contributed by atoms with Crippen LogP contribution in [-0.4, -0.2) is 64.1 Å². The lowest BCUT2D eigenvalue weighted by Gasteiger charge is -2.28. The smallest absolute Gasteiger partial charge is 0.408 e. The molecule has 1 rings (SSSR count). The number of Topliss-reactive ketones (excluding diaryl/α,β-unsaturated/α-hetero) is 1. The Morgan fingerprint density at radius 1 is 0.750 bits per heavy atom. The van der Waals surface area contributed by atoms with E-state index in [1.54, 1.807) is 24.3 Å². The molecule has 0 fully saturated rings. The standard InChI is InChI=1S/C31H51NO8/c1-3-4-5-6-7-8-9-10-11-12-13-14-18-21-27(35)39-23-26(34)29(36)30(37)28(24(2)33)32-31(38)40-22-25-19-16-15-17-20-25/h15-17,19-20,26,28-30,34,36-37H,3-14,18,21-23H2,1-2H3,(H,32,38)/t26-,28+,29+,30-/m1/s1. The molecule has 9 nitrogen and oxygen atoms in total. The lowest BCUT2D eigenvalue weighted by atomic mass is 9.98. The van der Waals surface area contributed by atoms with E-state index in [0.29, 0.717) is 6.42 Å². The molecule has 0 heterocycles. The molecule has 0 aliphatic rings. The van der Waals surface area contributed by atoms with Gasteiger partial charge in [-0.05, 0) is 18.9 Å². The summed E-state index contributed by atoms with van der Waals surface area (Å²) in [5, 5.41) is 33.1. The zero-order valence-corrected chi connectivity index (χ0v) is 24.4. The summed E-state index contributed by atoms with van der Waals surface area (Å²) in [6.45, 7) is 2.77. The molecule has 4 atom stereocenters. The monoisotopic (exact) mass is 565 g/mol. The zero-order valence-electron chi connectivity index (χ0n) is 24.4. The second-order valence-corrected chi connectivity index (χ2v) is 10.5. The number of rotatable bonds is 23. The van der Waals surface area contributed by atoms with Gasteiger partial charge in [0.15, 0.2) is 5.78 Å². The molecule has 0 aliphatic carbocycles. The summed E-state index contributed by atoms with van der Waals surface area (Å²) in [6.07, 6.45) is 9.48. The molecular weight excluding hydrogens is 514 g/mol. The number of carbonyl (C=O) groups excluding carboxylic acids is 3. The van der Waals surface area contributed by atoms with E-state index in [4.69, 9.17) is 9.47 Å². The van der Waals surface area contributed by atoms with Crippen molar-refractivity contribution in [2.75, 3.05) is 6.61 Å². The summed E-state index contributed by atoms with van der Waals surface area (Å²) in [6, 6.07) is 7.37. The fraction of sp³-hybridized carbons (Fsp3) is 0.710. The molecule has 0 radical (unpaired) electrons. The highest BCUT2D eigenvalue weighted by Crippen LogP contribution is 2.14. The van der Waals surface area contributed by atoms with E-state index in [-0.39, 0.29) is 13.0 Å². The largest absolute Gasteiger partial charge is 0.463 e. The van der Waals surface area contributed by atoms with Gasteiger partial charge in [0.1, 0.15) is 37.6 Å². The number of hydrogen-bond donors (Lipinski definition) is 4. The Labute approximate surface area is 239 Å².